The third kappa shape index (κ3) is 5.87. The molecule has 2 aromatic carbocycles. The number of fused-ring (bicyclic) bond motifs is 1. The monoisotopic (exact) mass is 424 g/mol. The molecule has 0 aliphatic rings. The topological polar surface area (TPSA) is 61.2 Å². The van der Waals surface area contributed by atoms with E-state index >= 15 is 0 Å². The summed E-state index contributed by atoms with van der Waals surface area (Å²) < 4.78 is 30.4. The van der Waals surface area contributed by atoms with Crippen molar-refractivity contribution < 1.29 is 13.2 Å². The molecule has 3 aromatic rings. The van der Waals surface area contributed by atoms with Crippen LogP contribution in [0.25, 0.3) is 10.9 Å². The Morgan fingerprint density at radius 1 is 1.17 bits per heavy atom. The maximum absolute atomic E-state index is 11.3. The summed E-state index contributed by atoms with van der Waals surface area (Å²) >= 11 is 0. The zero-order valence-corrected chi connectivity index (χ0v) is 18.6. The number of sulfone groups is 1. The van der Waals surface area contributed by atoms with Gasteiger partial charge in [-0.25, -0.2) is 8.42 Å². The molecule has 0 N–H and O–H groups in total. The van der Waals surface area contributed by atoms with Crippen molar-refractivity contribution >= 4 is 20.7 Å². The van der Waals surface area contributed by atoms with Gasteiger partial charge in [-0.3, -0.25) is 4.68 Å². The highest BCUT2D eigenvalue weighted by atomic mass is 32.2. The lowest BCUT2D eigenvalue weighted by Crippen LogP contribution is -2.08. The number of nitrogens with zero attached hydrogens (tertiary/aromatic N) is 2. The van der Waals surface area contributed by atoms with E-state index in [2.05, 4.69) is 42.1 Å². The molecule has 0 fully saturated rings. The van der Waals surface area contributed by atoms with Crippen molar-refractivity contribution in [3.8, 4) is 17.6 Å². The van der Waals surface area contributed by atoms with Crippen LogP contribution in [-0.4, -0.2) is 30.2 Å². The van der Waals surface area contributed by atoms with Gasteiger partial charge in [-0.05, 0) is 55.2 Å². The van der Waals surface area contributed by atoms with Crippen LogP contribution in [0.2, 0.25) is 0 Å². The molecule has 0 saturated carbocycles. The van der Waals surface area contributed by atoms with Crippen LogP contribution in [0.3, 0.4) is 0 Å². The Balaban J connectivity index is 1.62. The van der Waals surface area contributed by atoms with Gasteiger partial charge in [0.2, 0.25) is 0 Å². The van der Waals surface area contributed by atoms with Gasteiger partial charge in [-0.1, -0.05) is 31.0 Å². The summed E-state index contributed by atoms with van der Waals surface area (Å²) in [5.74, 6) is 7.50. The summed E-state index contributed by atoms with van der Waals surface area (Å²) in [6.07, 6.45) is 4.62. The minimum absolute atomic E-state index is 0.170. The van der Waals surface area contributed by atoms with Gasteiger partial charge in [0.25, 0.3) is 0 Å². The summed E-state index contributed by atoms with van der Waals surface area (Å²) in [4.78, 5) is 0. The van der Waals surface area contributed by atoms with Gasteiger partial charge in [0.1, 0.15) is 22.2 Å². The summed E-state index contributed by atoms with van der Waals surface area (Å²) in [5, 5.41) is 5.42. The normalized spacial score (nSPS) is 12.4. The second-order valence-corrected chi connectivity index (χ2v) is 9.72. The second kappa shape index (κ2) is 9.82. The fourth-order valence-electron chi connectivity index (χ4n) is 3.44. The largest absolute Gasteiger partial charge is 0.489 e. The lowest BCUT2D eigenvalue weighted by molar-refractivity contribution is 0.306. The number of aryl methyl sites for hydroxylation is 1. The first-order chi connectivity index (χ1) is 14.4. The van der Waals surface area contributed by atoms with Crippen LogP contribution >= 0.6 is 0 Å². The fraction of sp³-hybridized carbons (Fsp3) is 0.375. The first kappa shape index (κ1) is 21.9. The number of ether oxygens (including phenoxy) is 1. The van der Waals surface area contributed by atoms with E-state index in [-0.39, 0.29) is 11.7 Å². The number of hydrogen-bond donors (Lipinski definition) is 0. The maximum Gasteiger partial charge on any atom is 0.147 e. The lowest BCUT2D eigenvalue weighted by Gasteiger charge is -2.11. The fourth-order valence-corrected chi connectivity index (χ4v) is 4.09. The molecular weight excluding hydrogens is 396 g/mol. The Kier molecular flexibility index (Phi) is 7.17. The van der Waals surface area contributed by atoms with Gasteiger partial charge in [-0.15, -0.1) is 5.92 Å². The molecule has 0 amide bonds. The molecule has 0 saturated heterocycles. The molecule has 0 aliphatic heterocycles. The Labute approximate surface area is 179 Å². The average Bonchev–Trinajstić information content (AvgIpc) is 3.12. The molecule has 6 heteroatoms. The predicted molar refractivity (Wildman–Crippen MR) is 121 cm³/mol. The molecule has 158 valence electrons. The quantitative estimate of drug-likeness (QED) is 0.472. The van der Waals surface area contributed by atoms with E-state index in [0.717, 1.165) is 28.6 Å². The number of benzene rings is 2. The van der Waals surface area contributed by atoms with Crippen LogP contribution in [0.5, 0.6) is 5.75 Å². The molecular formula is C24H28N2O3S. The molecule has 0 radical (unpaired) electrons. The van der Waals surface area contributed by atoms with E-state index in [1.54, 1.807) is 0 Å². The van der Waals surface area contributed by atoms with Crippen molar-refractivity contribution in [1.29, 1.82) is 0 Å². The van der Waals surface area contributed by atoms with Crippen LogP contribution in [-0.2, 0) is 23.0 Å². The molecule has 1 heterocycles. The number of hydrogen-bond acceptors (Lipinski definition) is 4. The zero-order chi connectivity index (χ0) is 21.6. The maximum atomic E-state index is 11.3. The van der Waals surface area contributed by atoms with Crippen molar-refractivity contribution in [2.75, 3.05) is 12.0 Å². The zero-order valence-electron chi connectivity index (χ0n) is 17.8. The van der Waals surface area contributed by atoms with Crippen molar-refractivity contribution in [3.05, 3.63) is 59.8 Å². The number of rotatable bonds is 9. The van der Waals surface area contributed by atoms with Crippen LogP contribution in [0.1, 0.15) is 43.7 Å². The van der Waals surface area contributed by atoms with Crippen molar-refractivity contribution in [1.82, 2.24) is 9.78 Å². The van der Waals surface area contributed by atoms with Crippen molar-refractivity contribution in [2.45, 2.75) is 45.8 Å². The first-order valence-electron chi connectivity index (χ1n) is 10.2. The lowest BCUT2D eigenvalue weighted by atomic mass is 9.97. The molecule has 0 bridgehead atoms. The van der Waals surface area contributed by atoms with Crippen LogP contribution < -0.4 is 4.74 Å². The molecule has 5 nitrogen and oxygen atoms in total. The average molecular weight is 425 g/mol. The van der Waals surface area contributed by atoms with Crippen LogP contribution in [0.4, 0.5) is 0 Å². The molecule has 0 spiro atoms. The van der Waals surface area contributed by atoms with Gasteiger partial charge in [0, 0.05) is 24.1 Å². The highest BCUT2D eigenvalue weighted by Gasteiger charge is 2.08. The van der Waals surface area contributed by atoms with Crippen LogP contribution in [0.15, 0.2) is 48.7 Å². The standard InChI is InChI=1S/C24H28N2O3S/c1-4-7-20(5-2)21-9-11-23(12-10-21)29-18-19-8-13-24-22(16-19)17-25-26(24)14-6-15-30(3,27)28/h8-13,16-17,20H,5-6,14-15,18H2,1-3H3/t20-/m1/s1. The molecule has 30 heavy (non-hydrogen) atoms. The van der Waals surface area contributed by atoms with E-state index in [9.17, 15) is 8.42 Å². The highest BCUT2D eigenvalue weighted by Crippen LogP contribution is 2.23. The van der Waals surface area contributed by atoms with E-state index < -0.39 is 9.84 Å². The summed E-state index contributed by atoms with van der Waals surface area (Å²) in [6.45, 7) is 5.07. The Hall–Kier alpha value is -2.78. The van der Waals surface area contributed by atoms with Crippen molar-refractivity contribution in [2.24, 2.45) is 0 Å². The van der Waals surface area contributed by atoms with E-state index in [1.807, 2.05) is 42.1 Å². The molecule has 3 rings (SSSR count). The van der Waals surface area contributed by atoms with Gasteiger partial charge in [0.15, 0.2) is 0 Å². The minimum Gasteiger partial charge on any atom is -0.489 e. The van der Waals surface area contributed by atoms with Gasteiger partial charge in [0.05, 0.1) is 17.5 Å². The SMILES string of the molecule is CC#C[C@@H](CC)c1ccc(OCc2ccc3c(cnn3CCCS(C)(=O)=O)c2)cc1. The predicted octanol–water partition coefficient (Wildman–Crippen LogP) is 4.57. The molecule has 0 aliphatic carbocycles. The third-order valence-electron chi connectivity index (χ3n) is 5.01. The van der Waals surface area contributed by atoms with Gasteiger partial charge >= 0.3 is 0 Å². The van der Waals surface area contributed by atoms with Gasteiger partial charge < -0.3 is 4.74 Å². The third-order valence-corrected chi connectivity index (χ3v) is 6.04. The summed E-state index contributed by atoms with van der Waals surface area (Å²) in [7, 11) is -2.95. The van der Waals surface area contributed by atoms with E-state index in [0.29, 0.717) is 19.6 Å². The molecule has 0 unspecified atom stereocenters. The molecule has 1 atom stereocenters. The van der Waals surface area contributed by atoms with Crippen LogP contribution in [0, 0.1) is 11.8 Å². The smallest absolute Gasteiger partial charge is 0.147 e. The Bertz CT molecular complexity index is 1150. The summed E-state index contributed by atoms with van der Waals surface area (Å²) in [6, 6.07) is 14.2. The Morgan fingerprint density at radius 3 is 2.60 bits per heavy atom. The van der Waals surface area contributed by atoms with Crippen molar-refractivity contribution in [3.63, 3.8) is 0 Å². The minimum atomic E-state index is -2.95. The summed E-state index contributed by atoms with van der Waals surface area (Å²) in [5.41, 5.74) is 3.27. The van der Waals surface area contributed by atoms with E-state index in [4.69, 9.17) is 4.74 Å². The van der Waals surface area contributed by atoms with Gasteiger partial charge in [-0.2, -0.15) is 5.10 Å². The highest BCUT2D eigenvalue weighted by molar-refractivity contribution is 7.90. The number of aromatic nitrogens is 2. The first-order valence-corrected chi connectivity index (χ1v) is 12.2. The second-order valence-electron chi connectivity index (χ2n) is 7.46. The Morgan fingerprint density at radius 2 is 1.93 bits per heavy atom. The molecule has 1 aromatic heterocycles. The van der Waals surface area contributed by atoms with E-state index in [1.165, 1.54) is 11.8 Å².